The van der Waals surface area contributed by atoms with Gasteiger partial charge in [0, 0.05) is 0 Å². The molecule has 5 rings (SSSR count). The van der Waals surface area contributed by atoms with Crippen LogP contribution in [0.25, 0.3) is 41.5 Å². The van der Waals surface area contributed by atoms with E-state index in [0.717, 1.165) is 30.7 Å². The molecular weight excluding hydrogens is 473 g/mol. The summed E-state index contributed by atoms with van der Waals surface area (Å²) in [5.41, 5.74) is 3.73. The summed E-state index contributed by atoms with van der Waals surface area (Å²) in [6, 6.07) is 18.8. The van der Waals surface area contributed by atoms with E-state index < -0.39 is 14.5 Å². The van der Waals surface area contributed by atoms with Crippen molar-refractivity contribution < 1.29 is 8.78 Å². The molecule has 156 valence electrons. The van der Waals surface area contributed by atoms with Crippen molar-refractivity contribution in [2.45, 2.75) is 32.5 Å². The van der Waals surface area contributed by atoms with Crippen LogP contribution in [0, 0.1) is 0 Å². The zero-order valence-corrected chi connectivity index (χ0v) is 20.3. The molecule has 0 aliphatic rings. The average molecular weight is 496 g/mol. The zero-order chi connectivity index (χ0) is 21.8. The van der Waals surface area contributed by atoms with Gasteiger partial charge in [-0.15, -0.1) is 0 Å². The summed E-state index contributed by atoms with van der Waals surface area (Å²) in [7, 11) is -1.58. The Kier molecular flexibility index (Phi) is 5.04. The first kappa shape index (κ1) is 20.5. The summed E-state index contributed by atoms with van der Waals surface area (Å²) < 4.78 is 28.0. The normalized spacial score (nSPS) is 12.5. The maximum absolute atomic E-state index is 12.9. The van der Waals surface area contributed by atoms with Crippen LogP contribution in [-0.2, 0) is 6.42 Å². The van der Waals surface area contributed by atoms with E-state index in [1.54, 1.807) is 12.4 Å². The molecule has 31 heavy (non-hydrogen) atoms. The molecule has 2 heterocycles. The van der Waals surface area contributed by atoms with Gasteiger partial charge in [0.05, 0.1) is 0 Å². The summed E-state index contributed by atoms with van der Waals surface area (Å²) in [5, 5.41) is 5.03. The maximum atomic E-state index is 12.9. The minimum atomic E-state index is -2.33. The van der Waals surface area contributed by atoms with E-state index >= 15 is 0 Å². The molecule has 6 heteroatoms. The number of fused-ring (bicyclic) bond motifs is 4. The molecule has 0 radical (unpaired) electrons. The van der Waals surface area contributed by atoms with Crippen LogP contribution in [0.5, 0.6) is 0 Å². The first-order chi connectivity index (χ1) is 14.8. The fourth-order valence-electron chi connectivity index (χ4n) is 4.20. The van der Waals surface area contributed by atoms with Crippen molar-refractivity contribution in [1.82, 2.24) is 9.97 Å². The van der Waals surface area contributed by atoms with Crippen LogP contribution in [0.2, 0.25) is 19.6 Å². The Morgan fingerprint density at radius 3 is 2.52 bits per heavy atom. The fourth-order valence-corrected chi connectivity index (χ4v) is 8.41. The van der Waals surface area contributed by atoms with E-state index in [1.165, 1.54) is 16.0 Å². The van der Waals surface area contributed by atoms with Gasteiger partial charge >= 0.3 is 187 Å². The van der Waals surface area contributed by atoms with Crippen LogP contribution in [0.1, 0.15) is 5.56 Å². The molecule has 0 aliphatic carbocycles. The molecule has 2 nitrogen and oxygen atoms in total. The Morgan fingerprint density at radius 2 is 1.74 bits per heavy atom. The van der Waals surface area contributed by atoms with E-state index in [1.807, 2.05) is 12.1 Å². The standard InChI is InChI=1S/C25H22F2N2SeSi/c1-31(2,3)21-13-17(12-16-6-4-5-7-18(16)21)23-25-24(29-14-28-23)19-9-8-15(11-22(26)27)10-20(19)30-25/h4-10,12-14,22H,11H2,1-3H3. The van der Waals surface area contributed by atoms with Crippen molar-refractivity contribution in [2.75, 3.05) is 0 Å². The van der Waals surface area contributed by atoms with E-state index in [0.29, 0.717) is 5.56 Å². The van der Waals surface area contributed by atoms with Gasteiger partial charge < -0.3 is 0 Å². The van der Waals surface area contributed by atoms with Gasteiger partial charge in [-0.2, -0.15) is 0 Å². The molecule has 0 N–H and O–H groups in total. The fraction of sp³-hybridized carbons (Fsp3) is 0.200. The summed E-state index contributed by atoms with van der Waals surface area (Å²) in [6.45, 7) is 7.11. The number of alkyl halides is 2. The van der Waals surface area contributed by atoms with Crippen molar-refractivity contribution in [3.8, 4) is 11.3 Å². The number of aromatic nitrogens is 2. The van der Waals surface area contributed by atoms with E-state index in [-0.39, 0.29) is 20.9 Å². The SMILES string of the molecule is C[Si](C)(C)c1cc(-c2ncnc3c2[se]c2cc(CC(F)F)ccc23)cc2ccccc12. The summed E-state index contributed by atoms with van der Waals surface area (Å²) in [6.07, 6.45) is -0.902. The number of nitrogens with zero attached hydrogens (tertiary/aromatic N) is 2. The molecule has 0 atom stereocenters. The van der Waals surface area contributed by atoms with Crippen molar-refractivity contribution in [3.05, 3.63) is 66.5 Å². The van der Waals surface area contributed by atoms with Gasteiger partial charge in [0.15, 0.2) is 0 Å². The molecule has 0 fully saturated rings. The Balaban J connectivity index is 1.76. The van der Waals surface area contributed by atoms with Crippen molar-refractivity contribution in [2.24, 2.45) is 0 Å². The van der Waals surface area contributed by atoms with Crippen LogP contribution < -0.4 is 5.19 Å². The second-order valence-corrected chi connectivity index (χ2v) is 16.2. The number of hydrogen-bond donors (Lipinski definition) is 0. The third-order valence-corrected chi connectivity index (χ3v) is 10.1. The number of halogens is 2. The Morgan fingerprint density at radius 1 is 0.935 bits per heavy atom. The molecule has 0 aliphatic heterocycles. The van der Waals surface area contributed by atoms with Crippen molar-refractivity contribution >= 4 is 58.0 Å². The van der Waals surface area contributed by atoms with Gasteiger partial charge in [-0.25, -0.2) is 0 Å². The number of hydrogen-bond acceptors (Lipinski definition) is 2. The molecular formula is C25H22F2N2SeSi. The van der Waals surface area contributed by atoms with Gasteiger partial charge in [-0.3, -0.25) is 0 Å². The Hall–Kier alpha value is -2.40. The van der Waals surface area contributed by atoms with Crippen LogP contribution in [0.3, 0.4) is 0 Å². The molecule has 0 spiro atoms. The summed E-state index contributed by atoms with van der Waals surface area (Å²) >= 11 is -0.00956. The predicted octanol–water partition coefficient (Wildman–Crippen LogP) is 6.01. The second-order valence-electron chi connectivity index (χ2n) is 8.92. The Labute approximate surface area is 186 Å². The van der Waals surface area contributed by atoms with Crippen molar-refractivity contribution in [1.29, 1.82) is 0 Å². The second kappa shape index (κ2) is 7.63. The van der Waals surface area contributed by atoms with Crippen LogP contribution in [0.4, 0.5) is 8.78 Å². The van der Waals surface area contributed by atoms with Gasteiger partial charge in [0.25, 0.3) is 0 Å². The molecule has 3 aromatic carbocycles. The first-order valence-corrected chi connectivity index (χ1v) is 15.5. The molecule has 0 saturated heterocycles. The molecule has 2 aromatic heterocycles. The zero-order valence-electron chi connectivity index (χ0n) is 17.6. The summed E-state index contributed by atoms with van der Waals surface area (Å²) in [5.74, 6) is 0. The Bertz CT molecular complexity index is 1440. The van der Waals surface area contributed by atoms with Gasteiger partial charge in [0.1, 0.15) is 0 Å². The van der Waals surface area contributed by atoms with Crippen molar-refractivity contribution in [3.63, 3.8) is 0 Å². The third-order valence-electron chi connectivity index (χ3n) is 5.65. The molecule has 0 saturated carbocycles. The van der Waals surface area contributed by atoms with E-state index in [4.69, 9.17) is 4.98 Å². The monoisotopic (exact) mass is 496 g/mol. The quantitative estimate of drug-likeness (QED) is 0.285. The van der Waals surface area contributed by atoms with Crippen LogP contribution in [-0.4, -0.2) is 39.0 Å². The number of benzene rings is 3. The average Bonchev–Trinajstić information content (AvgIpc) is 3.09. The predicted molar refractivity (Wildman–Crippen MR) is 130 cm³/mol. The summed E-state index contributed by atoms with van der Waals surface area (Å²) in [4.78, 5) is 9.28. The molecule has 0 unspecified atom stereocenters. The van der Waals surface area contributed by atoms with Gasteiger partial charge in [-0.05, 0) is 0 Å². The van der Waals surface area contributed by atoms with Crippen LogP contribution in [0.15, 0.2) is 60.9 Å². The minimum absolute atomic E-state index is 0.00956. The first-order valence-electron chi connectivity index (χ1n) is 10.3. The van der Waals surface area contributed by atoms with Crippen LogP contribution >= 0.6 is 0 Å². The molecule has 5 aromatic rings. The van der Waals surface area contributed by atoms with Gasteiger partial charge in [-0.1, -0.05) is 0 Å². The topological polar surface area (TPSA) is 25.8 Å². The van der Waals surface area contributed by atoms with Gasteiger partial charge in [0.2, 0.25) is 0 Å². The van der Waals surface area contributed by atoms with E-state index in [9.17, 15) is 8.78 Å². The van der Waals surface area contributed by atoms with E-state index in [2.05, 4.69) is 61.0 Å². The molecule has 0 bridgehead atoms. The molecule has 0 amide bonds. The third kappa shape index (κ3) is 3.73. The number of rotatable bonds is 4.